The number of piperidine rings is 1. The molecule has 1 heterocycles. The maximum atomic E-state index is 6.14. The smallest absolute Gasteiger partial charge is 0.191 e. The molecule has 0 radical (unpaired) electrons. The molecule has 1 unspecified atom stereocenters. The number of nitrogens with zero attached hydrogens (tertiary/aromatic N) is 2. The highest BCUT2D eigenvalue weighted by Crippen LogP contribution is 2.29. The van der Waals surface area contributed by atoms with Crippen molar-refractivity contribution in [1.82, 2.24) is 15.5 Å². The van der Waals surface area contributed by atoms with Gasteiger partial charge in [0.15, 0.2) is 5.96 Å². The van der Waals surface area contributed by atoms with Gasteiger partial charge in [0.1, 0.15) is 11.9 Å². The van der Waals surface area contributed by atoms with Crippen LogP contribution in [0.4, 0.5) is 0 Å². The van der Waals surface area contributed by atoms with E-state index in [0.717, 1.165) is 12.0 Å². The Kier molecular flexibility index (Phi) is 6.43. The third kappa shape index (κ3) is 5.51. The zero-order valence-corrected chi connectivity index (χ0v) is 15.9. The number of benzene rings is 1. The fraction of sp³-hybridized carbons (Fsp3) is 0.632. The Balaban J connectivity index is 1.39. The van der Waals surface area contributed by atoms with Gasteiger partial charge in [0.05, 0.1) is 11.6 Å². The Labute approximate surface area is 155 Å². The van der Waals surface area contributed by atoms with Crippen molar-refractivity contribution in [2.24, 2.45) is 4.99 Å². The molecule has 2 fully saturated rings. The Hall–Kier alpha value is -1.46. The van der Waals surface area contributed by atoms with Crippen molar-refractivity contribution in [1.29, 1.82) is 0 Å². The van der Waals surface area contributed by atoms with Gasteiger partial charge < -0.3 is 20.3 Å². The molecular weight excluding hydrogens is 336 g/mol. The summed E-state index contributed by atoms with van der Waals surface area (Å²) in [5.74, 6) is 1.56. The molecular formula is C19H29ClN4O. The minimum absolute atomic E-state index is 0.00448. The molecule has 3 rings (SSSR count). The molecule has 0 spiro atoms. The number of nitrogens with one attached hydrogen (secondary N) is 2. The summed E-state index contributed by atoms with van der Waals surface area (Å²) in [5.41, 5.74) is 0. The number of hydrogen-bond acceptors (Lipinski definition) is 3. The van der Waals surface area contributed by atoms with E-state index in [0.29, 0.717) is 23.4 Å². The van der Waals surface area contributed by atoms with Crippen LogP contribution in [0.1, 0.15) is 32.6 Å². The molecule has 1 aliphatic carbocycles. The largest absolute Gasteiger partial charge is 0.487 e. The number of likely N-dealkylation sites (tertiary alicyclic amines) is 1. The maximum Gasteiger partial charge on any atom is 0.191 e. The highest BCUT2D eigenvalue weighted by Gasteiger charge is 2.31. The summed E-state index contributed by atoms with van der Waals surface area (Å²) in [6, 6.07) is 8.93. The number of hydrogen-bond donors (Lipinski definition) is 2. The summed E-state index contributed by atoms with van der Waals surface area (Å²) >= 11 is 6.14. The van der Waals surface area contributed by atoms with Crippen molar-refractivity contribution in [2.45, 2.75) is 50.8 Å². The van der Waals surface area contributed by atoms with E-state index >= 15 is 0 Å². The Morgan fingerprint density at radius 2 is 2.00 bits per heavy atom. The molecule has 5 nitrogen and oxygen atoms in total. The van der Waals surface area contributed by atoms with Crippen molar-refractivity contribution in [3.8, 4) is 5.75 Å². The monoisotopic (exact) mass is 364 g/mol. The number of ether oxygens (including phenoxy) is 1. The van der Waals surface area contributed by atoms with Gasteiger partial charge in [-0.1, -0.05) is 23.7 Å². The van der Waals surface area contributed by atoms with Crippen molar-refractivity contribution >= 4 is 17.6 Å². The zero-order valence-electron chi connectivity index (χ0n) is 15.2. The highest BCUT2D eigenvalue weighted by molar-refractivity contribution is 6.32. The molecule has 6 heteroatoms. The fourth-order valence-corrected chi connectivity index (χ4v) is 3.46. The van der Waals surface area contributed by atoms with Gasteiger partial charge in [0, 0.05) is 32.2 Å². The minimum Gasteiger partial charge on any atom is -0.487 e. The maximum absolute atomic E-state index is 6.14. The molecule has 138 valence electrons. The van der Waals surface area contributed by atoms with Crippen LogP contribution in [0.15, 0.2) is 29.3 Å². The molecule has 25 heavy (non-hydrogen) atoms. The van der Waals surface area contributed by atoms with Crippen LogP contribution < -0.4 is 15.4 Å². The van der Waals surface area contributed by atoms with Crippen LogP contribution in [0.5, 0.6) is 5.75 Å². The van der Waals surface area contributed by atoms with Crippen LogP contribution >= 0.6 is 11.6 Å². The third-order valence-corrected chi connectivity index (χ3v) is 5.19. The normalized spacial score (nSPS) is 21.0. The molecule has 1 saturated carbocycles. The number of para-hydroxylation sites is 1. The molecule has 1 saturated heterocycles. The molecule has 2 aliphatic rings. The highest BCUT2D eigenvalue weighted by atomic mass is 35.5. The first kappa shape index (κ1) is 18.3. The molecule has 2 N–H and O–H groups in total. The fourth-order valence-electron chi connectivity index (χ4n) is 3.28. The predicted molar refractivity (Wildman–Crippen MR) is 104 cm³/mol. The van der Waals surface area contributed by atoms with E-state index in [9.17, 15) is 0 Å². The van der Waals surface area contributed by atoms with Gasteiger partial charge in [-0.05, 0) is 44.7 Å². The summed E-state index contributed by atoms with van der Waals surface area (Å²) in [5, 5.41) is 7.54. The lowest BCUT2D eigenvalue weighted by Crippen LogP contribution is -2.50. The number of rotatable bonds is 6. The lowest BCUT2D eigenvalue weighted by Gasteiger charge is -2.33. The number of guanidine groups is 1. The molecule has 0 amide bonds. The van der Waals surface area contributed by atoms with E-state index < -0.39 is 0 Å². The molecule has 0 bridgehead atoms. The van der Waals surface area contributed by atoms with Crippen molar-refractivity contribution in [3.05, 3.63) is 29.3 Å². The van der Waals surface area contributed by atoms with Crippen molar-refractivity contribution in [3.63, 3.8) is 0 Å². The molecule has 1 aromatic carbocycles. The second-order valence-electron chi connectivity index (χ2n) is 7.00. The molecule has 1 atom stereocenters. The quantitative estimate of drug-likeness (QED) is 0.602. The average Bonchev–Trinajstić information content (AvgIpc) is 3.46. The molecule has 1 aromatic rings. The van der Waals surface area contributed by atoms with E-state index in [1.165, 1.54) is 38.8 Å². The predicted octanol–water partition coefficient (Wildman–Crippen LogP) is 2.90. The SMILES string of the molecule is CN=C(NCC(C)Oc1ccccc1Cl)NC1CCN(C2CC2)CC1. The van der Waals surface area contributed by atoms with Gasteiger partial charge in [-0.15, -0.1) is 0 Å². The first-order chi connectivity index (χ1) is 12.2. The van der Waals surface area contributed by atoms with E-state index in [4.69, 9.17) is 16.3 Å². The Morgan fingerprint density at radius 3 is 2.64 bits per heavy atom. The van der Waals surface area contributed by atoms with Gasteiger partial charge in [0.2, 0.25) is 0 Å². The first-order valence-corrected chi connectivity index (χ1v) is 9.66. The summed E-state index contributed by atoms with van der Waals surface area (Å²) < 4.78 is 5.89. The topological polar surface area (TPSA) is 48.9 Å². The van der Waals surface area contributed by atoms with Crippen LogP contribution in [0.3, 0.4) is 0 Å². The average molecular weight is 365 g/mol. The number of halogens is 1. The summed E-state index contributed by atoms with van der Waals surface area (Å²) in [7, 11) is 1.81. The second-order valence-corrected chi connectivity index (χ2v) is 7.40. The molecule has 1 aliphatic heterocycles. The van der Waals surface area contributed by atoms with E-state index in [-0.39, 0.29) is 6.10 Å². The van der Waals surface area contributed by atoms with E-state index in [1.807, 2.05) is 38.2 Å². The van der Waals surface area contributed by atoms with Gasteiger partial charge >= 0.3 is 0 Å². The van der Waals surface area contributed by atoms with Crippen molar-refractivity contribution in [2.75, 3.05) is 26.7 Å². The van der Waals surface area contributed by atoms with Gasteiger partial charge in [-0.25, -0.2) is 0 Å². The Morgan fingerprint density at radius 1 is 1.28 bits per heavy atom. The van der Waals surface area contributed by atoms with Gasteiger partial charge in [-0.2, -0.15) is 0 Å². The lowest BCUT2D eigenvalue weighted by molar-refractivity contribution is 0.196. The molecule has 0 aromatic heterocycles. The van der Waals surface area contributed by atoms with Crippen LogP contribution in [-0.2, 0) is 0 Å². The van der Waals surface area contributed by atoms with Gasteiger partial charge in [-0.3, -0.25) is 4.99 Å². The summed E-state index contributed by atoms with van der Waals surface area (Å²) in [6.07, 6.45) is 5.15. The van der Waals surface area contributed by atoms with E-state index in [2.05, 4.69) is 20.5 Å². The minimum atomic E-state index is -0.00448. The standard InChI is InChI=1S/C19H29ClN4O/c1-14(25-18-6-4-3-5-17(18)20)13-22-19(21-2)23-15-9-11-24(12-10-15)16-7-8-16/h3-6,14-16H,7-13H2,1-2H3,(H2,21,22,23). The first-order valence-electron chi connectivity index (χ1n) is 9.28. The third-order valence-electron chi connectivity index (χ3n) is 4.88. The summed E-state index contributed by atoms with van der Waals surface area (Å²) in [4.78, 5) is 6.98. The van der Waals surface area contributed by atoms with Crippen LogP contribution in [0.25, 0.3) is 0 Å². The van der Waals surface area contributed by atoms with E-state index in [1.54, 1.807) is 0 Å². The lowest BCUT2D eigenvalue weighted by atomic mass is 10.1. The van der Waals surface area contributed by atoms with Crippen LogP contribution in [0.2, 0.25) is 5.02 Å². The van der Waals surface area contributed by atoms with Crippen LogP contribution in [-0.4, -0.2) is 55.7 Å². The van der Waals surface area contributed by atoms with Gasteiger partial charge in [0.25, 0.3) is 0 Å². The summed E-state index contributed by atoms with van der Waals surface area (Å²) in [6.45, 7) is 5.10. The number of aliphatic imine (C=N–C) groups is 1. The van der Waals surface area contributed by atoms with Crippen molar-refractivity contribution < 1.29 is 4.74 Å². The zero-order chi connectivity index (χ0) is 17.6. The van der Waals surface area contributed by atoms with Crippen LogP contribution in [0, 0.1) is 0 Å². The Bertz CT molecular complexity index is 583. The second kappa shape index (κ2) is 8.77.